The first-order valence-electron chi connectivity index (χ1n) is 47.5. The summed E-state index contributed by atoms with van der Waals surface area (Å²) in [6, 6.07) is 57.1. The molecular weight excluding hydrogens is 1770 g/mol. The number of nitrogens with zero attached hydrogens (tertiary/aromatic N) is 27. The number of aromatic amines is 4. The summed E-state index contributed by atoms with van der Waals surface area (Å²) in [5.74, 6) is 8.66. The Morgan fingerprint density at radius 3 is 1.13 bits per heavy atom. The van der Waals surface area contributed by atoms with Crippen LogP contribution in [0.15, 0.2) is 212 Å². The molecule has 0 unspecified atom stereocenters. The van der Waals surface area contributed by atoms with Gasteiger partial charge in [0.05, 0.1) is 95.5 Å². The number of furan rings is 1. The number of H-pyrrole nitrogens is 4. The number of carbonyl (C=O) groups excluding carboxylic acids is 1. The molecule has 712 valence electrons. The number of fused-ring (bicyclic) bond motifs is 8. The minimum Gasteiger partial charge on any atom is -0.470 e. The maximum Gasteiger partial charge on any atom is 0.255 e. The van der Waals surface area contributed by atoms with Gasteiger partial charge in [-0.3, -0.25) is 28.0 Å². The zero-order valence-corrected chi connectivity index (χ0v) is 79.4. The van der Waals surface area contributed by atoms with E-state index in [4.69, 9.17) is 73.9 Å². The van der Waals surface area contributed by atoms with Crippen LogP contribution in [-0.2, 0) is 30.9 Å². The van der Waals surface area contributed by atoms with Crippen molar-refractivity contribution in [1.82, 2.24) is 138 Å². The number of ether oxygens (including phenoxy) is 1. The van der Waals surface area contributed by atoms with Gasteiger partial charge >= 0.3 is 0 Å². The average molecular weight is 1880 g/mol. The zero-order chi connectivity index (χ0) is 95.3. The Labute approximate surface area is 805 Å². The van der Waals surface area contributed by atoms with Crippen molar-refractivity contribution in [2.75, 3.05) is 166 Å². The third kappa shape index (κ3) is 19.4. The fourth-order valence-electron chi connectivity index (χ4n) is 17.9. The molecule has 0 spiro atoms. The summed E-state index contributed by atoms with van der Waals surface area (Å²) in [5.41, 5.74) is 21.3. The Hall–Kier alpha value is -16.4. The number of aryl methyl sites for hydroxylation is 3. The molecule has 39 heteroatoms. The van der Waals surface area contributed by atoms with Gasteiger partial charge in [-0.15, -0.1) is 0 Å². The molecule has 0 aliphatic carbocycles. The minimum atomic E-state index is -0.0884. The lowest BCUT2D eigenvalue weighted by molar-refractivity contribution is 0.0829. The normalized spacial score (nSPS) is 14.5. The highest BCUT2D eigenvalue weighted by atomic mass is 16.5. The lowest BCUT2D eigenvalue weighted by Gasteiger charge is -2.37. The lowest BCUT2D eigenvalue weighted by Crippen LogP contribution is -2.49. The fraction of sp³-hybridized carbons (Fsp3) is 0.297. The topological polar surface area (TPSA) is 411 Å². The predicted molar refractivity (Wildman–Crippen MR) is 546 cm³/mol. The smallest absolute Gasteiger partial charge is 0.255 e. The molecule has 0 bridgehead atoms. The molecule has 1 amide bonds. The fourth-order valence-corrected chi connectivity index (χ4v) is 17.9. The molecule has 9 N–H and O–H groups in total. The van der Waals surface area contributed by atoms with Gasteiger partial charge in [-0.1, -0.05) is 85.8 Å². The number of hydrogen-bond acceptors (Lipinski definition) is 30. The van der Waals surface area contributed by atoms with Gasteiger partial charge in [0.2, 0.25) is 23.8 Å². The molecule has 39 nitrogen and oxygen atoms in total. The van der Waals surface area contributed by atoms with Crippen LogP contribution in [0.2, 0.25) is 0 Å². The first kappa shape index (κ1) is 90.1. The van der Waals surface area contributed by atoms with E-state index < -0.39 is 0 Å². The number of piperazine rings is 3. The van der Waals surface area contributed by atoms with E-state index in [-0.39, 0.29) is 5.91 Å². The van der Waals surface area contributed by atoms with E-state index in [1.165, 1.54) is 16.7 Å². The summed E-state index contributed by atoms with van der Waals surface area (Å²) in [6.07, 6.45) is 10.5. The largest absolute Gasteiger partial charge is 0.470 e. The van der Waals surface area contributed by atoms with Crippen molar-refractivity contribution in [2.24, 2.45) is 0 Å². The molecule has 7 aromatic carbocycles. The predicted octanol–water partition coefficient (Wildman–Crippen LogP) is 13.4. The Bertz CT molecular complexity index is 7670. The van der Waals surface area contributed by atoms with Crippen LogP contribution in [0, 0.1) is 20.8 Å². The van der Waals surface area contributed by atoms with Crippen molar-refractivity contribution in [3.63, 3.8) is 0 Å². The lowest BCUT2D eigenvalue weighted by atomic mass is 10.1. The van der Waals surface area contributed by atoms with Gasteiger partial charge in [0.15, 0.2) is 67.9 Å². The summed E-state index contributed by atoms with van der Waals surface area (Å²) in [6.45, 7) is 29.8. The molecule has 4 fully saturated rings. The molecular formula is C101H110N36O3. The summed E-state index contributed by atoms with van der Waals surface area (Å²) >= 11 is 0. The maximum absolute atomic E-state index is 12.6. The van der Waals surface area contributed by atoms with Gasteiger partial charge in [0.1, 0.15) is 60.4 Å². The van der Waals surface area contributed by atoms with Gasteiger partial charge < -0.3 is 85.1 Å². The van der Waals surface area contributed by atoms with Gasteiger partial charge in [0, 0.05) is 135 Å². The number of carbonyl (C=O) groups is 1. The van der Waals surface area contributed by atoms with Crippen LogP contribution in [0.4, 0.5) is 47.1 Å². The first-order chi connectivity index (χ1) is 68.5. The Morgan fingerprint density at radius 2 is 0.750 bits per heavy atom. The van der Waals surface area contributed by atoms with Crippen molar-refractivity contribution >= 4 is 142 Å². The van der Waals surface area contributed by atoms with Crippen LogP contribution in [0.5, 0.6) is 0 Å². The maximum atomic E-state index is 12.6. The van der Waals surface area contributed by atoms with Crippen LogP contribution in [-0.4, -0.2) is 270 Å². The molecule has 0 atom stereocenters. The monoisotopic (exact) mass is 1870 g/mol. The number of hydrogen-bond donors (Lipinski definition) is 9. The van der Waals surface area contributed by atoms with E-state index in [9.17, 15) is 4.79 Å². The number of rotatable bonds is 23. The number of morpholine rings is 1. The van der Waals surface area contributed by atoms with Gasteiger partial charge in [-0.05, 0) is 143 Å². The molecule has 0 saturated carbocycles. The average Bonchev–Trinajstić information content (AvgIpc) is 1.62. The molecule has 4 aliphatic heterocycles. The number of likely N-dealkylation sites (N-methyl/N-ethyl adjacent to an activating group) is 1. The third-order valence-electron chi connectivity index (χ3n) is 25.5. The van der Waals surface area contributed by atoms with E-state index in [1.54, 1.807) is 43.9 Å². The zero-order valence-electron chi connectivity index (χ0n) is 79.4. The summed E-state index contributed by atoms with van der Waals surface area (Å²) in [4.78, 5) is 118. The number of imidazole rings is 8. The summed E-state index contributed by atoms with van der Waals surface area (Å²) in [7, 11) is 3.46. The van der Waals surface area contributed by atoms with Crippen LogP contribution in [0.25, 0.3) is 112 Å². The molecule has 4 aliphatic rings. The molecule has 4 saturated heterocycles. The molecule has 140 heavy (non-hydrogen) atoms. The SMILES string of the molecule is CCN1CCN(c2nc(NCc3nc4ccccc4[nH]3)c3ncn(-c4cccc(C)c4)c3n2)CC1.CN(C)C(=O)c1cccc2[nH]c(CNc3nc(N4CCNCC4)nc4c3ncn4-c3ccoc3)nc12.Cc1cccc(-n2cnc3c(NCc4nc5ccccc5[nH]4)nc(N4CCN(C(C)C)CC4)nc32)c1.Cc1cccc(-n2cnc3c(NCc4nc5ccccc5[nH]4)nc(N4CCOCC4)nc32)c1. The van der Waals surface area contributed by atoms with Crippen molar-refractivity contribution in [3.8, 4) is 22.7 Å². The van der Waals surface area contributed by atoms with E-state index in [2.05, 4.69) is 199 Å². The van der Waals surface area contributed by atoms with Gasteiger partial charge in [-0.25, -0.2) is 39.9 Å². The summed E-state index contributed by atoms with van der Waals surface area (Å²) in [5, 5.41) is 17.2. The quantitative estimate of drug-likeness (QED) is 0.0287. The number of para-hydroxylation sites is 7. The highest BCUT2D eigenvalue weighted by Gasteiger charge is 2.29. The van der Waals surface area contributed by atoms with E-state index in [1.807, 2.05) is 134 Å². The molecule has 0 radical (unpaired) electrons. The number of benzene rings is 7. The third-order valence-corrected chi connectivity index (χ3v) is 25.5. The summed E-state index contributed by atoms with van der Waals surface area (Å²) < 4.78 is 18.8. The van der Waals surface area contributed by atoms with Crippen LogP contribution < -0.4 is 46.2 Å². The first-order valence-corrected chi connectivity index (χ1v) is 47.5. The number of amides is 1. The second kappa shape index (κ2) is 40.1. The Balaban J connectivity index is 0.000000111. The van der Waals surface area contributed by atoms with Crippen molar-refractivity contribution in [2.45, 2.75) is 73.8 Å². The van der Waals surface area contributed by atoms with Gasteiger partial charge in [0.25, 0.3) is 5.91 Å². The Morgan fingerprint density at radius 1 is 0.386 bits per heavy atom. The highest BCUT2D eigenvalue weighted by molar-refractivity contribution is 6.05. The van der Waals surface area contributed by atoms with E-state index in [0.717, 1.165) is 228 Å². The van der Waals surface area contributed by atoms with Crippen molar-refractivity contribution in [1.29, 1.82) is 0 Å². The van der Waals surface area contributed by atoms with Gasteiger partial charge in [-0.2, -0.15) is 39.9 Å². The molecule has 17 heterocycles. The van der Waals surface area contributed by atoms with E-state index >= 15 is 0 Å². The van der Waals surface area contributed by atoms with Crippen molar-refractivity contribution < 1.29 is 13.9 Å². The second-order valence-corrected chi connectivity index (χ2v) is 35.6. The standard InChI is InChI=1S/C27H31N9.C26H29N9.C24H26N10O2.C24H24N8O/c1-18(2)34-11-13-35(14-12-34)27-32-25(28-16-23-30-21-9-4-5-10-22(21)31-23)24-26(33-27)36(17-29-24)20-8-6-7-19(3)15-20;1-3-33-11-13-34(14-12-33)26-31-24(27-16-22-29-20-9-4-5-10-21(20)30-22)23-25(32-26)35(17-28-23)19-8-6-7-18(2)15-19;1-32(2)23(35)16-4-3-5-17-19(16)29-18(28-17)12-26-21-20-22(34(14-27-20)15-6-11-36-13-15)31-24(30-21)33-9-7-25-8-10-33;1-16-5-4-6-17(13-16)32-15-26-21-22(25-14-20-27-18-7-2-3-8-19(18)28-20)29-24(30-23(21)32)31-9-11-33-12-10-31/h4-10,15,17-18H,11-14,16H2,1-3H3,(H,30,31)(H,28,32,33);4-10,15,17H,3,11-14,16H2,1-2H3,(H,29,30)(H,27,31,32);3-6,11,13-14,25H,7-10,12H2,1-2H3,(H,28,29)(H,26,30,31);2-8,13,15H,9-12,14H2,1H3,(H,27,28)(H,25,29,30). The molecule has 24 rings (SSSR count). The van der Waals surface area contributed by atoms with Crippen LogP contribution in [0.3, 0.4) is 0 Å². The van der Waals surface area contributed by atoms with E-state index in [0.29, 0.717) is 103 Å². The molecule has 20 aromatic rings. The number of anilines is 8. The highest BCUT2D eigenvalue weighted by Crippen LogP contribution is 2.34. The molecule has 13 aromatic heterocycles. The number of aromatic nitrogens is 24. The minimum absolute atomic E-state index is 0.0884. The Kier molecular flexibility index (Phi) is 25.8. The second-order valence-electron chi connectivity index (χ2n) is 35.6. The van der Waals surface area contributed by atoms with Crippen LogP contribution in [0.1, 0.15) is 71.1 Å². The van der Waals surface area contributed by atoms with Crippen molar-refractivity contribution in [3.05, 3.63) is 253 Å². The van der Waals surface area contributed by atoms with Crippen LogP contribution >= 0.6 is 0 Å². The number of nitrogens with one attached hydrogen (secondary N) is 9.